The molecule has 0 saturated carbocycles. The molecule has 0 atom stereocenters. The van der Waals surface area contributed by atoms with Gasteiger partial charge in [-0.05, 0) is 6.07 Å². The third-order valence-electron chi connectivity index (χ3n) is 1.61. The first-order valence-corrected chi connectivity index (χ1v) is 3.96. The van der Waals surface area contributed by atoms with Crippen molar-refractivity contribution in [2.45, 2.75) is 6.54 Å². The number of rotatable bonds is 4. The van der Waals surface area contributed by atoms with Crippen LogP contribution in [0.4, 0.5) is 0 Å². The highest BCUT2D eigenvalue weighted by Crippen LogP contribution is 2.14. The number of amides is 1. The van der Waals surface area contributed by atoms with Crippen LogP contribution in [0.5, 0.6) is 5.75 Å². The SMILES string of the molecule is NC(=O)CNCc1ccccc1O. The second kappa shape index (κ2) is 4.47. The molecule has 0 bridgehead atoms. The highest BCUT2D eigenvalue weighted by molar-refractivity contribution is 5.75. The van der Waals surface area contributed by atoms with Crippen LogP contribution in [0, 0.1) is 0 Å². The molecular formula is C9H12N2O2. The Morgan fingerprint density at radius 1 is 1.46 bits per heavy atom. The fraction of sp³-hybridized carbons (Fsp3) is 0.222. The molecule has 13 heavy (non-hydrogen) atoms. The van der Waals surface area contributed by atoms with E-state index >= 15 is 0 Å². The number of carbonyl (C=O) groups is 1. The van der Waals surface area contributed by atoms with Gasteiger partial charge in [-0.25, -0.2) is 0 Å². The number of hydrogen-bond acceptors (Lipinski definition) is 3. The summed E-state index contributed by atoms with van der Waals surface area (Å²) in [5, 5.41) is 12.1. The van der Waals surface area contributed by atoms with Crippen LogP contribution in [0.1, 0.15) is 5.56 Å². The molecule has 1 aromatic carbocycles. The molecule has 0 unspecified atom stereocenters. The van der Waals surface area contributed by atoms with Crippen LogP contribution in [0.15, 0.2) is 24.3 Å². The van der Waals surface area contributed by atoms with Crippen LogP contribution >= 0.6 is 0 Å². The maximum Gasteiger partial charge on any atom is 0.231 e. The lowest BCUT2D eigenvalue weighted by Crippen LogP contribution is -2.28. The van der Waals surface area contributed by atoms with Crippen molar-refractivity contribution in [3.8, 4) is 5.75 Å². The van der Waals surface area contributed by atoms with Crippen LogP contribution in [0.2, 0.25) is 0 Å². The maximum absolute atomic E-state index is 10.4. The summed E-state index contributed by atoms with van der Waals surface area (Å²) < 4.78 is 0. The normalized spacial score (nSPS) is 9.85. The van der Waals surface area contributed by atoms with Gasteiger partial charge in [-0.15, -0.1) is 0 Å². The van der Waals surface area contributed by atoms with Gasteiger partial charge in [0, 0.05) is 12.1 Å². The van der Waals surface area contributed by atoms with Gasteiger partial charge in [0.2, 0.25) is 5.91 Å². The van der Waals surface area contributed by atoms with E-state index in [1.54, 1.807) is 18.2 Å². The number of nitrogens with two attached hydrogens (primary N) is 1. The highest BCUT2D eigenvalue weighted by Gasteiger charge is 1.99. The number of phenolic OH excluding ortho intramolecular Hbond substituents is 1. The average Bonchev–Trinajstić information content (AvgIpc) is 2.08. The van der Waals surface area contributed by atoms with Crippen molar-refractivity contribution in [2.75, 3.05) is 6.54 Å². The third kappa shape index (κ3) is 3.13. The molecule has 4 N–H and O–H groups in total. The van der Waals surface area contributed by atoms with Crippen LogP contribution in [-0.4, -0.2) is 17.6 Å². The molecule has 0 aliphatic carbocycles. The Balaban J connectivity index is 2.45. The van der Waals surface area contributed by atoms with Gasteiger partial charge in [0.15, 0.2) is 0 Å². The van der Waals surface area contributed by atoms with Gasteiger partial charge in [-0.1, -0.05) is 18.2 Å². The zero-order valence-electron chi connectivity index (χ0n) is 7.16. The van der Waals surface area contributed by atoms with Crippen LogP contribution < -0.4 is 11.1 Å². The lowest BCUT2D eigenvalue weighted by molar-refractivity contribution is -0.117. The molecule has 4 nitrogen and oxygen atoms in total. The van der Waals surface area contributed by atoms with E-state index in [9.17, 15) is 9.90 Å². The topological polar surface area (TPSA) is 75.4 Å². The summed E-state index contributed by atoms with van der Waals surface area (Å²) in [4.78, 5) is 10.4. The number of benzene rings is 1. The molecule has 4 heteroatoms. The summed E-state index contributed by atoms with van der Waals surface area (Å²) >= 11 is 0. The quantitative estimate of drug-likeness (QED) is 0.609. The first kappa shape index (κ1) is 9.54. The number of aromatic hydroxyl groups is 1. The van der Waals surface area contributed by atoms with Crippen molar-refractivity contribution in [1.29, 1.82) is 0 Å². The van der Waals surface area contributed by atoms with Crippen LogP contribution in [-0.2, 0) is 11.3 Å². The largest absolute Gasteiger partial charge is 0.508 e. The second-order valence-corrected chi connectivity index (χ2v) is 2.70. The van der Waals surface area contributed by atoms with Crippen molar-refractivity contribution in [1.82, 2.24) is 5.32 Å². The predicted octanol–water partition coefficient (Wildman–Crippen LogP) is -0.0329. The van der Waals surface area contributed by atoms with E-state index in [1.807, 2.05) is 6.07 Å². The first-order valence-electron chi connectivity index (χ1n) is 3.96. The Morgan fingerprint density at radius 2 is 2.15 bits per heavy atom. The minimum atomic E-state index is -0.407. The van der Waals surface area contributed by atoms with Crippen molar-refractivity contribution < 1.29 is 9.90 Å². The Kier molecular flexibility index (Phi) is 3.28. The molecule has 1 rings (SSSR count). The highest BCUT2D eigenvalue weighted by atomic mass is 16.3. The molecule has 0 spiro atoms. The second-order valence-electron chi connectivity index (χ2n) is 2.70. The Labute approximate surface area is 76.4 Å². The molecule has 0 fully saturated rings. The van der Waals surface area contributed by atoms with Gasteiger partial charge in [-0.3, -0.25) is 4.79 Å². The zero-order chi connectivity index (χ0) is 9.68. The Bertz CT molecular complexity index is 299. The van der Waals surface area contributed by atoms with E-state index in [-0.39, 0.29) is 12.3 Å². The van der Waals surface area contributed by atoms with E-state index in [4.69, 9.17) is 5.73 Å². The van der Waals surface area contributed by atoms with Crippen molar-refractivity contribution in [3.63, 3.8) is 0 Å². The fourth-order valence-corrected chi connectivity index (χ4v) is 0.981. The van der Waals surface area contributed by atoms with Crippen LogP contribution in [0.25, 0.3) is 0 Å². The molecule has 70 valence electrons. The molecular weight excluding hydrogens is 168 g/mol. The number of nitrogens with one attached hydrogen (secondary N) is 1. The zero-order valence-corrected chi connectivity index (χ0v) is 7.16. The molecule has 1 amide bonds. The van der Waals surface area contributed by atoms with Crippen molar-refractivity contribution >= 4 is 5.91 Å². The fourth-order valence-electron chi connectivity index (χ4n) is 0.981. The minimum absolute atomic E-state index is 0.119. The molecule has 0 saturated heterocycles. The average molecular weight is 180 g/mol. The molecule has 0 aliphatic heterocycles. The van der Waals surface area contributed by atoms with E-state index in [0.29, 0.717) is 6.54 Å². The number of para-hydroxylation sites is 1. The van der Waals surface area contributed by atoms with E-state index in [0.717, 1.165) is 5.56 Å². The summed E-state index contributed by atoms with van der Waals surface area (Å²) in [5.74, 6) is -0.185. The standard InChI is InChI=1S/C9H12N2O2/c10-9(13)6-11-5-7-3-1-2-4-8(7)12/h1-4,11-12H,5-6H2,(H2,10,13). The number of carbonyl (C=O) groups excluding carboxylic acids is 1. The van der Waals surface area contributed by atoms with Gasteiger partial charge in [0.05, 0.1) is 6.54 Å². The predicted molar refractivity (Wildman–Crippen MR) is 49.0 cm³/mol. The van der Waals surface area contributed by atoms with E-state index in [2.05, 4.69) is 5.32 Å². The lowest BCUT2D eigenvalue weighted by Gasteiger charge is -2.04. The lowest BCUT2D eigenvalue weighted by atomic mass is 10.2. The van der Waals surface area contributed by atoms with Gasteiger partial charge in [0.25, 0.3) is 0 Å². The summed E-state index contributed by atoms with van der Waals surface area (Å²) in [6.45, 7) is 0.559. The minimum Gasteiger partial charge on any atom is -0.508 e. The Morgan fingerprint density at radius 3 is 2.77 bits per heavy atom. The summed E-state index contributed by atoms with van der Waals surface area (Å²) in [5.41, 5.74) is 5.68. The molecule has 0 heterocycles. The van der Waals surface area contributed by atoms with Gasteiger partial charge in [0.1, 0.15) is 5.75 Å². The summed E-state index contributed by atoms with van der Waals surface area (Å²) in [6, 6.07) is 6.94. The van der Waals surface area contributed by atoms with Crippen LogP contribution in [0.3, 0.4) is 0 Å². The van der Waals surface area contributed by atoms with Gasteiger partial charge >= 0.3 is 0 Å². The molecule has 0 radical (unpaired) electrons. The van der Waals surface area contributed by atoms with Crippen molar-refractivity contribution in [3.05, 3.63) is 29.8 Å². The monoisotopic (exact) mass is 180 g/mol. The summed E-state index contributed by atoms with van der Waals surface area (Å²) in [6.07, 6.45) is 0. The van der Waals surface area contributed by atoms with E-state index in [1.165, 1.54) is 0 Å². The number of hydrogen-bond donors (Lipinski definition) is 3. The molecule has 1 aromatic rings. The summed E-state index contributed by atoms with van der Waals surface area (Å²) in [7, 11) is 0. The Hall–Kier alpha value is -1.55. The first-order chi connectivity index (χ1) is 6.20. The third-order valence-corrected chi connectivity index (χ3v) is 1.61. The van der Waals surface area contributed by atoms with Gasteiger partial charge in [-0.2, -0.15) is 0 Å². The number of phenols is 1. The van der Waals surface area contributed by atoms with E-state index < -0.39 is 5.91 Å². The molecule has 0 aromatic heterocycles. The smallest absolute Gasteiger partial charge is 0.231 e. The maximum atomic E-state index is 10.4. The van der Waals surface area contributed by atoms with Gasteiger partial charge < -0.3 is 16.2 Å². The molecule has 0 aliphatic rings. The number of primary amides is 1. The van der Waals surface area contributed by atoms with Crippen molar-refractivity contribution in [2.24, 2.45) is 5.73 Å².